The molecule has 8 unspecified atom stereocenters. The van der Waals surface area contributed by atoms with Gasteiger partial charge in [0.1, 0.15) is 67.4 Å². The second-order valence-corrected chi connectivity index (χ2v) is 15.7. The number of carbonyl (C=O) groups is 5. The van der Waals surface area contributed by atoms with Gasteiger partial charge in [0.15, 0.2) is 17.7 Å². The summed E-state index contributed by atoms with van der Waals surface area (Å²) in [5.74, 6) is -12.0. The summed E-state index contributed by atoms with van der Waals surface area (Å²) in [5, 5.41) is 95.1. The first-order valence-electron chi connectivity index (χ1n) is 19.8. The zero-order valence-electron chi connectivity index (χ0n) is 33.3. The number of fused-ring (bicyclic) bond motifs is 1. The van der Waals surface area contributed by atoms with E-state index in [0.29, 0.717) is 0 Å². The minimum Gasteiger partial charge on any atom is -0.462 e. The van der Waals surface area contributed by atoms with E-state index in [2.05, 4.69) is 0 Å². The molecule has 3 fully saturated rings. The van der Waals surface area contributed by atoms with Crippen LogP contribution in [0.4, 0.5) is 0 Å². The fraction of sp³-hybridized carbons (Fsp3) is 0.500. The summed E-state index contributed by atoms with van der Waals surface area (Å²) in [5.41, 5.74) is -5.93. The first-order chi connectivity index (χ1) is 30.0. The van der Waals surface area contributed by atoms with Gasteiger partial charge in [-0.2, -0.15) is 0 Å². The van der Waals surface area contributed by atoms with Gasteiger partial charge in [-0.05, 0) is 24.1 Å². The number of ether oxygens (including phenoxy) is 7. The van der Waals surface area contributed by atoms with Crippen LogP contribution in [0.1, 0.15) is 18.1 Å². The Balaban J connectivity index is 1.08. The Morgan fingerprint density at radius 3 is 1.76 bits per heavy atom. The zero-order chi connectivity index (χ0) is 45.5. The zero-order valence-corrected chi connectivity index (χ0v) is 33.3. The SMILES string of the molecule is CC(=O)O[C@@H]1C(O)[C@@H](O)C(CO)O[C@@H]1Oc1ccccc1COC(=O)[C@@]1(O)C(=O)C=CC2C3C=CC(C21)[C@@](O)(C(=O)OCc1ccccc1O[C@H]1OC(CO)[C@H](O)C(O)[C@H]1O)C3=O. The number of benzene rings is 2. The van der Waals surface area contributed by atoms with Crippen molar-refractivity contribution in [2.24, 2.45) is 23.7 Å². The maximum atomic E-state index is 14.0. The molecule has 0 radical (unpaired) electrons. The molecule has 2 aliphatic heterocycles. The molecule has 21 nitrogen and oxygen atoms in total. The second kappa shape index (κ2) is 18.1. The van der Waals surface area contributed by atoms with Crippen LogP contribution in [0.2, 0.25) is 0 Å². The highest BCUT2D eigenvalue weighted by Crippen LogP contribution is 2.55. The molecule has 2 aromatic rings. The van der Waals surface area contributed by atoms with E-state index < -0.39 is 152 Å². The maximum Gasteiger partial charge on any atom is 0.347 e. The van der Waals surface area contributed by atoms with Crippen molar-refractivity contribution in [3.63, 3.8) is 0 Å². The van der Waals surface area contributed by atoms with Crippen LogP contribution in [0.15, 0.2) is 72.8 Å². The molecule has 2 aromatic carbocycles. The Bertz CT molecular complexity index is 2140. The Labute approximate surface area is 357 Å². The molecule has 2 saturated heterocycles. The molecule has 4 aliphatic carbocycles. The third-order valence-corrected chi connectivity index (χ3v) is 12.0. The number of para-hydroxylation sites is 2. The normalized spacial score (nSPS) is 38.1. The van der Waals surface area contributed by atoms with E-state index in [1.54, 1.807) is 0 Å². The number of carbonyl (C=O) groups excluding carboxylic acids is 5. The minimum absolute atomic E-state index is 0.0635. The summed E-state index contributed by atoms with van der Waals surface area (Å²) in [6, 6.07) is 11.6. The number of Topliss-reactive ketones (excluding diaryl/α,β-unsaturated/α-hetero) is 1. The number of hydrogen-bond acceptors (Lipinski definition) is 21. The highest BCUT2D eigenvalue weighted by molar-refractivity contribution is 6.16. The molecule has 16 atom stereocenters. The predicted molar refractivity (Wildman–Crippen MR) is 203 cm³/mol. The molecule has 21 heteroatoms. The van der Waals surface area contributed by atoms with Crippen LogP contribution in [0.25, 0.3) is 0 Å². The van der Waals surface area contributed by atoms with Gasteiger partial charge >= 0.3 is 17.9 Å². The van der Waals surface area contributed by atoms with Crippen molar-refractivity contribution in [1.29, 1.82) is 0 Å². The molecule has 9 N–H and O–H groups in total. The third kappa shape index (κ3) is 8.15. The summed E-state index contributed by atoms with van der Waals surface area (Å²) in [7, 11) is 0. The van der Waals surface area contributed by atoms with Crippen molar-refractivity contribution in [2.75, 3.05) is 13.2 Å². The van der Waals surface area contributed by atoms with Crippen molar-refractivity contribution >= 4 is 29.5 Å². The predicted octanol–water partition coefficient (Wildman–Crippen LogP) is -3.38. The van der Waals surface area contributed by atoms with Crippen molar-refractivity contribution < 1.29 is 103 Å². The van der Waals surface area contributed by atoms with E-state index >= 15 is 0 Å². The molecule has 0 aromatic heterocycles. The van der Waals surface area contributed by atoms with Gasteiger partial charge in [-0.3, -0.25) is 14.4 Å². The molecule has 2 bridgehead atoms. The first-order valence-corrected chi connectivity index (χ1v) is 19.8. The number of rotatable bonds is 13. The number of allylic oxidation sites excluding steroid dienone is 2. The third-order valence-electron chi connectivity index (χ3n) is 12.0. The molecule has 63 heavy (non-hydrogen) atoms. The Morgan fingerprint density at radius 1 is 0.667 bits per heavy atom. The highest BCUT2D eigenvalue weighted by atomic mass is 16.7. The Morgan fingerprint density at radius 2 is 1.19 bits per heavy atom. The molecule has 8 rings (SSSR count). The molecule has 6 aliphatic rings. The summed E-state index contributed by atoms with van der Waals surface area (Å²) in [6.45, 7) is -1.79. The smallest absolute Gasteiger partial charge is 0.347 e. The summed E-state index contributed by atoms with van der Waals surface area (Å²) in [6.07, 6.45) is -11.2. The summed E-state index contributed by atoms with van der Waals surface area (Å²) >= 11 is 0. The number of esters is 3. The van der Waals surface area contributed by atoms with Crippen molar-refractivity contribution in [3.8, 4) is 11.5 Å². The number of aliphatic hydroxyl groups excluding tert-OH is 7. The molecule has 0 spiro atoms. The van der Waals surface area contributed by atoms with E-state index in [1.165, 1.54) is 66.8 Å². The fourth-order valence-corrected chi connectivity index (χ4v) is 8.64. The Kier molecular flexibility index (Phi) is 13.2. The maximum absolute atomic E-state index is 14.0. The summed E-state index contributed by atoms with van der Waals surface area (Å²) in [4.78, 5) is 67.2. The standard InChI is InChI=1S/C42H46O21/c1-18(45)59-35-33(50)31(48)27(15-44)63-38(35)61-25-9-5-3-7-20(25)17-58-40(54)42(56)28(46)13-11-21-22-10-12-23(29(21)42)41(55,36(22)52)39(53)57-16-19-6-2-4-8-24(19)60-37-34(51)32(49)30(47)26(14-43)62-37/h2-13,21-23,26-27,29-35,37-38,43-44,47-51,55-56H,14-17H2,1H3/t21?,22?,23?,26?,27?,29?,30-,31-,32?,33?,34+,35+,37-,38-,41-,42+/m0/s1. The molecular weight excluding hydrogens is 840 g/mol. The van der Waals surface area contributed by atoms with Crippen molar-refractivity contribution in [2.45, 2.75) is 92.8 Å². The van der Waals surface area contributed by atoms with Gasteiger partial charge in [0.25, 0.3) is 0 Å². The monoisotopic (exact) mass is 886 g/mol. The number of ketones is 2. The van der Waals surface area contributed by atoms with Crippen LogP contribution in [0.5, 0.6) is 11.5 Å². The van der Waals surface area contributed by atoms with Gasteiger partial charge in [-0.25, -0.2) is 9.59 Å². The topological polar surface area (TPSA) is 332 Å². The van der Waals surface area contributed by atoms with Gasteiger partial charge in [0.2, 0.25) is 23.8 Å². The van der Waals surface area contributed by atoms with Gasteiger partial charge < -0.3 is 79.1 Å². The van der Waals surface area contributed by atoms with Crippen molar-refractivity contribution in [3.05, 3.63) is 84.0 Å². The van der Waals surface area contributed by atoms with Gasteiger partial charge in [0, 0.05) is 35.8 Å². The van der Waals surface area contributed by atoms with E-state index in [-0.39, 0.29) is 22.6 Å². The average molecular weight is 887 g/mol. The largest absolute Gasteiger partial charge is 0.462 e. The average Bonchev–Trinajstić information content (AvgIpc) is 3.27. The lowest BCUT2D eigenvalue weighted by Crippen LogP contribution is -2.72. The van der Waals surface area contributed by atoms with Crippen LogP contribution in [0, 0.1) is 23.7 Å². The number of aliphatic hydroxyl groups is 9. The quantitative estimate of drug-likeness (QED) is 0.0410. The Hall–Kier alpha value is -5.17. The molecular formula is C42H46O21. The van der Waals surface area contributed by atoms with Crippen LogP contribution >= 0.6 is 0 Å². The van der Waals surface area contributed by atoms with Gasteiger partial charge in [0.05, 0.1) is 13.2 Å². The second-order valence-electron chi connectivity index (χ2n) is 15.7. The minimum atomic E-state index is -3.08. The van der Waals surface area contributed by atoms with E-state index in [1.807, 2.05) is 0 Å². The lowest BCUT2D eigenvalue weighted by molar-refractivity contribution is -0.282. The number of hydrogen-bond donors (Lipinski definition) is 9. The van der Waals surface area contributed by atoms with Gasteiger partial charge in [-0.15, -0.1) is 0 Å². The van der Waals surface area contributed by atoms with Crippen LogP contribution in [-0.4, -0.2) is 161 Å². The lowest BCUT2D eigenvalue weighted by atomic mass is 9.49. The van der Waals surface area contributed by atoms with Crippen LogP contribution in [-0.2, 0) is 60.9 Å². The summed E-state index contributed by atoms with van der Waals surface area (Å²) < 4.78 is 38.7. The fourth-order valence-electron chi connectivity index (χ4n) is 8.64. The van der Waals surface area contributed by atoms with E-state index in [4.69, 9.17) is 33.2 Å². The van der Waals surface area contributed by atoms with E-state index in [9.17, 15) is 69.9 Å². The first kappa shape index (κ1) is 45.8. The van der Waals surface area contributed by atoms with E-state index in [0.717, 1.165) is 13.0 Å². The lowest BCUT2D eigenvalue weighted by Gasteiger charge is -2.54. The molecule has 340 valence electrons. The molecule has 0 amide bonds. The highest BCUT2D eigenvalue weighted by Gasteiger charge is 2.71. The van der Waals surface area contributed by atoms with Crippen molar-refractivity contribution in [1.82, 2.24) is 0 Å². The molecule has 1 saturated carbocycles. The molecule has 2 heterocycles. The van der Waals surface area contributed by atoms with Gasteiger partial charge in [-0.1, -0.05) is 54.6 Å². The van der Waals surface area contributed by atoms with Crippen LogP contribution < -0.4 is 9.47 Å². The van der Waals surface area contributed by atoms with Crippen LogP contribution in [0.3, 0.4) is 0 Å².